The first-order valence-corrected chi connectivity index (χ1v) is 11.7. The first kappa shape index (κ1) is 27.2. The number of aromatic nitrogens is 3. The molecule has 0 saturated heterocycles. The van der Waals surface area contributed by atoms with Gasteiger partial charge in [-0.05, 0) is 56.3 Å². The highest BCUT2D eigenvalue weighted by Gasteiger charge is 2.30. The fourth-order valence-corrected chi connectivity index (χ4v) is 3.79. The number of carbonyl (C=O) groups excluding carboxylic acids is 2. The maximum Gasteiger partial charge on any atom is 0.416 e. The predicted molar refractivity (Wildman–Crippen MR) is 138 cm³/mol. The van der Waals surface area contributed by atoms with Crippen LogP contribution in [0.5, 0.6) is 0 Å². The molecule has 2 aromatic heterocycles. The molecule has 0 aliphatic carbocycles. The molecule has 2 N–H and O–H groups in total. The van der Waals surface area contributed by atoms with Gasteiger partial charge in [-0.15, -0.1) is 0 Å². The van der Waals surface area contributed by atoms with Crippen LogP contribution in [-0.4, -0.2) is 32.3 Å². The largest absolute Gasteiger partial charge is 0.449 e. The molecular weight excluding hydrogens is 515 g/mol. The van der Waals surface area contributed by atoms with Crippen LogP contribution in [0.2, 0.25) is 0 Å². The second-order valence-corrected chi connectivity index (χ2v) is 8.58. The van der Waals surface area contributed by atoms with E-state index in [2.05, 4.69) is 15.6 Å². The van der Waals surface area contributed by atoms with Crippen LogP contribution >= 0.6 is 0 Å². The van der Waals surface area contributed by atoms with Crippen molar-refractivity contribution in [1.82, 2.24) is 14.3 Å². The number of amides is 1. The molecule has 12 heteroatoms. The fourth-order valence-electron chi connectivity index (χ4n) is 3.79. The van der Waals surface area contributed by atoms with Gasteiger partial charge < -0.3 is 15.4 Å². The second-order valence-electron chi connectivity index (χ2n) is 8.58. The van der Waals surface area contributed by atoms with Gasteiger partial charge >= 0.3 is 12.1 Å². The van der Waals surface area contributed by atoms with Gasteiger partial charge in [0.2, 0.25) is 0 Å². The number of para-hydroxylation sites is 1. The summed E-state index contributed by atoms with van der Waals surface area (Å²) in [5, 5.41) is 5.22. The van der Waals surface area contributed by atoms with Crippen molar-refractivity contribution in [2.24, 2.45) is 7.05 Å². The van der Waals surface area contributed by atoms with Gasteiger partial charge in [-0.3, -0.25) is 14.3 Å². The molecule has 0 radical (unpaired) electrons. The van der Waals surface area contributed by atoms with Crippen LogP contribution in [0.1, 0.15) is 28.5 Å². The van der Waals surface area contributed by atoms with Gasteiger partial charge in [0.25, 0.3) is 11.5 Å². The van der Waals surface area contributed by atoms with Gasteiger partial charge in [0.15, 0.2) is 6.10 Å². The molecule has 1 amide bonds. The topological polar surface area (TPSA) is 107 Å². The van der Waals surface area contributed by atoms with E-state index in [0.29, 0.717) is 11.4 Å². The number of hydrogen-bond acceptors (Lipinski definition) is 6. The Hall–Kier alpha value is -4.87. The van der Waals surface area contributed by atoms with Crippen LogP contribution in [0, 0.1) is 6.92 Å². The molecule has 9 nitrogen and oxygen atoms in total. The number of anilines is 3. The summed E-state index contributed by atoms with van der Waals surface area (Å²) in [5.74, 6) is -1.74. The molecule has 39 heavy (non-hydrogen) atoms. The molecule has 4 rings (SSSR count). The number of benzene rings is 2. The van der Waals surface area contributed by atoms with Gasteiger partial charge in [0.1, 0.15) is 17.1 Å². The summed E-state index contributed by atoms with van der Waals surface area (Å²) < 4.78 is 47.5. The monoisotopic (exact) mass is 539 g/mol. The molecule has 0 aliphatic heterocycles. The standard InChI is InChI=1S/C27H24F3N5O4/c1-16-22(25(37)35(34(16)3)20-11-5-4-6-12-20)33-24(36)17(2)39-26(38)21-13-8-14-31-23(21)32-19-10-7-9-18(15-19)27(28,29)30/h4-15,17H,1-3H3,(H,31,32)(H,33,36). The number of carbonyl (C=O) groups is 2. The summed E-state index contributed by atoms with van der Waals surface area (Å²) in [4.78, 5) is 42.8. The number of nitrogens with zero attached hydrogens (tertiary/aromatic N) is 3. The fraction of sp³-hybridized carbons (Fsp3) is 0.185. The van der Waals surface area contributed by atoms with E-state index in [1.54, 1.807) is 42.9 Å². The predicted octanol–water partition coefficient (Wildman–Crippen LogP) is 4.83. The molecule has 0 spiro atoms. The minimum atomic E-state index is -4.55. The van der Waals surface area contributed by atoms with Crippen LogP contribution in [0.15, 0.2) is 77.7 Å². The van der Waals surface area contributed by atoms with Crippen molar-refractivity contribution in [2.45, 2.75) is 26.1 Å². The van der Waals surface area contributed by atoms with Crippen LogP contribution in [-0.2, 0) is 22.8 Å². The van der Waals surface area contributed by atoms with Gasteiger partial charge in [-0.1, -0.05) is 24.3 Å². The van der Waals surface area contributed by atoms with Crippen molar-refractivity contribution in [2.75, 3.05) is 10.6 Å². The average Bonchev–Trinajstić information content (AvgIpc) is 3.11. The molecule has 0 aliphatic rings. The molecule has 2 aromatic carbocycles. The number of esters is 1. The lowest BCUT2D eigenvalue weighted by Crippen LogP contribution is -2.32. The maximum absolute atomic E-state index is 13.1. The smallest absolute Gasteiger partial charge is 0.416 e. The number of nitrogens with one attached hydrogen (secondary N) is 2. The molecule has 1 unspecified atom stereocenters. The number of pyridine rings is 1. The molecular formula is C27H24F3N5O4. The van der Waals surface area contributed by atoms with Crippen molar-refractivity contribution >= 4 is 29.1 Å². The number of ether oxygens (including phenoxy) is 1. The summed E-state index contributed by atoms with van der Waals surface area (Å²) in [6.07, 6.45) is -4.52. The zero-order chi connectivity index (χ0) is 28.3. The number of rotatable bonds is 7. The Labute approximate surface area is 220 Å². The third-order valence-electron chi connectivity index (χ3n) is 5.94. The molecule has 4 aromatic rings. The van der Waals surface area contributed by atoms with E-state index < -0.39 is 35.3 Å². The van der Waals surface area contributed by atoms with Gasteiger partial charge in [0.05, 0.1) is 16.9 Å². The highest BCUT2D eigenvalue weighted by molar-refractivity contribution is 5.99. The zero-order valence-corrected chi connectivity index (χ0v) is 21.1. The van der Waals surface area contributed by atoms with E-state index in [0.717, 1.165) is 12.1 Å². The molecule has 202 valence electrons. The Morgan fingerprint density at radius 1 is 1.03 bits per heavy atom. The summed E-state index contributed by atoms with van der Waals surface area (Å²) in [7, 11) is 1.67. The molecule has 0 bridgehead atoms. The summed E-state index contributed by atoms with van der Waals surface area (Å²) in [6, 6.07) is 16.1. The quantitative estimate of drug-likeness (QED) is 0.326. The summed E-state index contributed by atoms with van der Waals surface area (Å²) in [5.41, 5.74) is -0.272. The highest BCUT2D eigenvalue weighted by Crippen LogP contribution is 2.31. The lowest BCUT2D eigenvalue weighted by molar-refractivity contribution is -0.137. The van der Waals surface area contributed by atoms with Crippen molar-refractivity contribution in [1.29, 1.82) is 0 Å². The molecule has 0 saturated carbocycles. The minimum absolute atomic E-state index is 0.0301. The Morgan fingerprint density at radius 3 is 2.44 bits per heavy atom. The average molecular weight is 540 g/mol. The van der Waals surface area contributed by atoms with Crippen LogP contribution in [0.25, 0.3) is 5.69 Å². The molecule has 1 atom stereocenters. The van der Waals surface area contributed by atoms with Gasteiger partial charge in [0, 0.05) is 18.9 Å². The van der Waals surface area contributed by atoms with Crippen molar-refractivity contribution < 1.29 is 27.5 Å². The van der Waals surface area contributed by atoms with Gasteiger partial charge in [-0.25, -0.2) is 14.5 Å². The van der Waals surface area contributed by atoms with Crippen LogP contribution in [0.3, 0.4) is 0 Å². The molecule has 0 fully saturated rings. The first-order valence-electron chi connectivity index (χ1n) is 11.7. The summed E-state index contributed by atoms with van der Waals surface area (Å²) >= 11 is 0. The van der Waals surface area contributed by atoms with E-state index in [1.807, 2.05) is 6.07 Å². The lowest BCUT2D eigenvalue weighted by Gasteiger charge is -2.15. The summed E-state index contributed by atoms with van der Waals surface area (Å²) in [6.45, 7) is 2.99. The van der Waals surface area contributed by atoms with Crippen molar-refractivity contribution in [3.63, 3.8) is 0 Å². The molecule has 2 heterocycles. The Balaban J connectivity index is 1.50. The second kappa shape index (κ2) is 10.9. The van der Waals surface area contributed by atoms with E-state index >= 15 is 0 Å². The van der Waals surface area contributed by atoms with Gasteiger partial charge in [-0.2, -0.15) is 13.2 Å². The SMILES string of the molecule is Cc1c(NC(=O)C(C)OC(=O)c2cccnc2Nc2cccc(C(F)(F)F)c2)c(=O)n(-c2ccccc2)n1C. The van der Waals surface area contributed by atoms with E-state index in [-0.39, 0.29) is 22.8 Å². The van der Waals surface area contributed by atoms with Crippen LogP contribution in [0.4, 0.5) is 30.4 Å². The maximum atomic E-state index is 13.1. The minimum Gasteiger partial charge on any atom is -0.449 e. The number of hydrogen-bond donors (Lipinski definition) is 2. The van der Waals surface area contributed by atoms with E-state index in [9.17, 15) is 27.6 Å². The lowest BCUT2D eigenvalue weighted by atomic mass is 10.2. The number of halogens is 3. The Bertz CT molecular complexity index is 1580. The van der Waals surface area contributed by atoms with E-state index in [1.165, 1.54) is 42.1 Å². The van der Waals surface area contributed by atoms with Crippen molar-refractivity contribution in [3.05, 3.63) is 100 Å². The third-order valence-corrected chi connectivity index (χ3v) is 5.94. The Morgan fingerprint density at radius 2 is 1.74 bits per heavy atom. The highest BCUT2D eigenvalue weighted by atomic mass is 19.4. The number of alkyl halides is 3. The van der Waals surface area contributed by atoms with E-state index in [4.69, 9.17) is 4.74 Å². The normalized spacial score (nSPS) is 12.1. The zero-order valence-electron chi connectivity index (χ0n) is 21.1. The first-order chi connectivity index (χ1) is 18.5. The van der Waals surface area contributed by atoms with Crippen molar-refractivity contribution in [3.8, 4) is 5.69 Å². The Kier molecular flexibility index (Phi) is 7.56. The van der Waals surface area contributed by atoms with Crippen LogP contribution < -0.4 is 16.2 Å². The third kappa shape index (κ3) is 5.84.